The Labute approximate surface area is 107 Å². The number of rotatable bonds is 7. The lowest BCUT2D eigenvalue weighted by Crippen LogP contribution is -2.51. The molecule has 0 bridgehead atoms. The number of primary amides is 1. The van der Waals surface area contributed by atoms with Crippen LogP contribution in [-0.2, 0) is 9.53 Å². The second kappa shape index (κ2) is 5.56. The molecule has 0 aromatic carbocycles. The van der Waals surface area contributed by atoms with Crippen LogP contribution in [0.1, 0.15) is 46.0 Å². The van der Waals surface area contributed by atoms with Crippen LogP contribution in [0.2, 0.25) is 0 Å². The summed E-state index contributed by atoms with van der Waals surface area (Å²) < 4.78 is 4.84. The van der Waals surface area contributed by atoms with Crippen LogP contribution in [0.4, 0.5) is 4.79 Å². The highest BCUT2D eigenvalue weighted by Crippen LogP contribution is 2.39. The lowest BCUT2D eigenvalue weighted by atomic mass is 9.96. The van der Waals surface area contributed by atoms with Gasteiger partial charge < -0.3 is 21.5 Å². The van der Waals surface area contributed by atoms with Crippen LogP contribution in [0, 0.1) is 0 Å². The monoisotopic (exact) mass is 257 g/mol. The maximum atomic E-state index is 11.9. The number of nitrogens with one attached hydrogen (secondary N) is 1. The molecular formula is C12H23N3O3. The summed E-state index contributed by atoms with van der Waals surface area (Å²) >= 11 is 0. The molecule has 1 aliphatic carbocycles. The molecule has 0 aliphatic heterocycles. The van der Waals surface area contributed by atoms with E-state index in [0.29, 0.717) is 19.4 Å². The Bertz CT molecular complexity index is 325. The molecule has 0 spiro atoms. The highest BCUT2D eigenvalue weighted by Gasteiger charge is 2.54. The molecule has 2 amide bonds. The van der Waals surface area contributed by atoms with Gasteiger partial charge in [0.1, 0.15) is 0 Å². The number of hydrogen-bond acceptors (Lipinski definition) is 4. The summed E-state index contributed by atoms with van der Waals surface area (Å²) in [5.74, 6) is -0.297. The molecule has 0 aromatic heterocycles. The highest BCUT2D eigenvalue weighted by atomic mass is 16.6. The number of unbranched alkanes of at least 4 members (excludes halogenated alkanes) is 1. The highest BCUT2D eigenvalue weighted by molar-refractivity contribution is 5.90. The predicted molar refractivity (Wildman–Crippen MR) is 67.8 cm³/mol. The summed E-state index contributed by atoms with van der Waals surface area (Å²) in [6, 6.07) is 0. The zero-order valence-electron chi connectivity index (χ0n) is 11.1. The van der Waals surface area contributed by atoms with E-state index >= 15 is 0 Å². The molecule has 0 heterocycles. The van der Waals surface area contributed by atoms with E-state index in [1.165, 1.54) is 0 Å². The molecule has 5 N–H and O–H groups in total. The third-order valence-corrected chi connectivity index (χ3v) is 3.17. The standard InChI is InChI=1S/C12H23N3O3/c1-3-4-5-11(2,14)8-15-9(16)12(6-7-12)18-10(13)17/h3-8,14H2,1-2H3,(H2,13,17)(H,15,16). The largest absolute Gasteiger partial charge is 0.433 e. The summed E-state index contributed by atoms with van der Waals surface area (Å²) in [5.41, 5.74) is 9.54. The van der Waals surface area contributed by atoms with Gasteiger partial charge in [-0.2, -0.15) is 0 Å². The van der Waals surface area contributed by atoms with Crippen molar-refractivity contribution in [2.24, 2.45) is 11.5 Å². The fourth-order valence-corrected chi connectivity index (χ4v) is 1.79. The molecule has 0 saturated heterocycles. The van der Waals surface area contributed by atoms with Crippen molar-refractivity contribution in [3.05, 3.63) is 0 Å². The van der Waals surface area contributed by atoms with Crippen molar-refractivity contribution in [1.29, 1.82) is 0 Å². The molecule has 18 heavy (non-hydrogen) atoms. The smallest absolute Gasteiger partial charge is 0.405 e. The van der Waals surface area contributed by atoms with Crippen molar-refractivity contribution in [3.63, 3.8) is 0 Å². The SMILES string of the molecule is CCCCC(C)(N)CNC(=O)C1(OC(N)=O)CC1. The molecule has 1 rings (SSSR count). The predicted octanol–water partition coefficient (Wildman–Crippen LogP) is 0.638. The van der Waals surface area contributed by atoms with Crippen molar-refractivity contribution in [1.82, 2.24) is 5.32 Å². The van der Waals surface area contributed by atoms with Gasteiger partial charge in [-0.25, -0.2) is 4.79 Å². The summed E-state index contributed by atoms with van der Waals surface area (Å²) in [6.07, 6.45) is 3.06. The van der Waals surface area contributed by atoms with Gasteiger partial charge in [-0.05, 0) is 13.3 Å². The van der Waals surface area contributed by atoms with Crippen molar-refractivity contribution >= 4 is 12.0 Å². The molecule has 1 unspecified atom stereocenters. The van der Waals surface area contributed by atoms with E-state index in [2.05, 4.69) is 12.2 Å². The summed E-state index contributed by atoms with van der Waals surface area (Å²) in [5, 5.41) is 2.74. The molecule has 1 aliphatic rings. The van der Waals surface area contributed by atoms with Crippen LogP contribution < -0.4 is 16.8 Å². The van der Waals surface area contributed by atoms with Gasteiger partial charge >= 0.3 is 6.09 Å². The number of ether oxygens (including phenoxy) is 1. The Hall–Kier alpha value is -1.30. The first-order valence-electron chi connectivity index (χ1n) is 6.37. The molecule has 6 heteroatoms. The topological polar surface area (TPSA) is 107 Å². The van der Waals surface area contributed by atoms with Crippen LogP contribution in [0.5, 0.6) is 0 Å². The van der Waals surface area contributed by atoms with Gasteiger partial charge in [-0.1, -0.05) is 19.8 Å². The molecule has 1 fully saturated rings. The summed E-state index contributed by atoms with van der Waals surface area (Å²) in [6.45, 7) is 4.36. The van der Waals surface area contributed by atoms with E-state index < -0.39 is 17.2 Å². The molecule has 6 nitrogen and oxygen atoms in total. The first-order valence-corrected chi connectivity index (χ1v) is 6.37. The van der Waals surface area contributed by atoms with E-state index in [-0.39, 0.29) is 5.91 Å². The second-order valence-corrected chi connectivity index (χ2v) is 5.36. The van der Waals surface area contributed by atoms with Gasteiger partial charge in [0.15, 0.2) is 5.60 Å². The maximum absolute atomic E-state index is 11.9. The average molecular weight is 257 g/mol. The molecular weight excluding hydrogens is 234 g/mol. The lowest BCUT2D eigenvalue weighted by molar-refractivity contribution is -0.131. The van der Waals surface area contributed by atoms with Crippen LogP contribution in [0.15, 0.2) is 0 Å². The van der Waals surface area contributed by atoms with Gasteiger partial charge in [0.2, 0.25) is 0 Å². The minimum Gasteiger partial charge on any atom is -0.433 e. The minimum absolute atomic E-state index is 0.297. The average Bonchev–Trinajstić information content (AvgIpc) is 3.03. The third-order valence-electron chi connectivity index (χ3n) is 3.17. The fraction of sp³-hybridized carbons (Fsp3) is 0.833. The van der Waals surface area contributed by atoms with E-state index in [4.69, 9.17) is 16.2 Å². The first kappa shape index (κ1) is 14.8. The van der Waals surface area contributed by atoms with Crippen molar-refractivity contribution in [3.8, 4) is 0 Å². The Morgan fingerprint density at radius 2 is 2.06 bits per heavy atom. The molecule has 1 saturated carbocycles. The maximum Gasteiger partial charge on any atom is 0.405 e. The molecule has 1 atom stereocenters. The summed E-state index contributed by atoms with van der Waals surface area (Å²) in [7, 11) is 0. The molecule has 104 valence electrons. The first-order chi connectivity index (χ1) is 8.31. The number of carbonyl (C=O) groups is 2. The minimum atomic E-state index is -1.04. The number of nitrogens with two attached hydrogens (primary N) is 2. The zero-order chi connectivity index (χ0) is 13.8. The van der Waals surface area contributed by atoms with Gasteiger partial charge in [0, 0.05) is 24.9 Å². The van der Waals surface area contributed by atoms with Crippen LogP contribution >= 0.6 is 0 Å². The van der Waals surface area contributed by atoms with Crippen LogP contribution in [0.3, 0.4) is 0 Å². The molecule has 0 aromatic rings. The Balaban J connectivity index is 2.39. The second-order valence-electron chi connectivity index (χ2n) is 5.36. The van der Waals surface area contributed by atoms with Crippen molar-refractivity contribution in [2.75, 3.05) is 6.54 Å². The summed E-state index contributed by atoms with van der Waals surface area (Å²) in [4.78, 5) is 22.6. The van der Waals surface area contributed by atoms with Gasteiger partial charge in [-0.3, -0.25) is 4.79 Å². The zero-order valence-corrected chi connectivity index (χ0v) is 11.1. The van der Waals surface area contributed by atoms with Crippen molar-refractivity contribution < 1.29 is 14.3 Å². The quantitative estimate of drug-likeness (QED) is 0.622. The van der Waals surface area contributed by atoms with Crippen molar-refractivity contribution in [2.45, 2.75) is 57.1 Å². The number of hydrogen-bond donors (Lipinski definition) is 3. The van der Waals surface area contributed by atoms with Gasteiger partial charge in [0.25, 0.3) is 5.91 Å². The number of carbonyl (C=O) groups excluding carboxylic acids is 2. The normalized spacial score (nSPS) is 19.7. The van der Waals surface area contributed by atoms with Crippen LogP contribution in [-0.4, -0.2) is 29.7 Å². The van der Waals surface area contributed by atoms with E-state index in [9.17, 15) is 9.59 Å². The van der Waals surface area contributed by atoms with E-state index in [1.54, 1.807) is 0 Å². The number of amides is 2. The Kier molecular flexibility index (Phi) is 4.56. The lowest BCUT2D eigenvalue weighted by Gasteiger charge is -2.26. The van der Waals surface area contributed by atoms with Gasteiger partial charge in [-0.15, -0.1) is 0 Å². The molecule has 0 radical (unpaired) electrons. The Morgan fingerprint density at radius 3 is 2.50 bits per heavy atom. The van der Waals surface area contributed by atoms with E-state index in [1.807, 2.05) is 6.92 Å². The van der Waals surface area contributed by atoms with E-state index in [0.717, 1.165) is 19.3 Å². The van der Waals surface area contributed by atoms with Gasteiger partial charge in [0.05, 0.1) is 0 Å². The third kappa shape index (κ3) is 4.18. The van der Waals surface area contributed by atoms with Crippen LogP contribution in [0.25, 0.3) is 0 Å². The Morgan fingerprint density at radius 1 is 1.44 bits per heavy atom. The fourth-order valence-electron chi connectivity index (χ4n) is 1.79.